The van der Waals surface area contributed by atoms with Crippen molar-refractivity contribution in [2.24, 2.45) is 0 Å². The van der Waals surface area contributed by atoms with Crippen molar-refractivity contribution in [3.05, 3.63) is 24.0 Å². The van der Waals surface area contributed by atoms with Crippen molar-refractivity contribution in [3.8, 4) is 5.75 Å². The lowest BCUT2D eigenvalue weighted by atomic mass is 9.73. The Morgan fingerprint density at radius 3 is 2.88 bits per heavy atom. The Balaban J connectivity index is 2.12. The quantitative estimate of drug-likeness (QED) is 0.840. The lowest BCUT2D eigenvalue weighted by Crippen LogP contribution is -2.45. The van der Waals surface area contributed by atoms with E-state index in [2.05, 4.69) is 4.98 Å². The van der Waals surface area contributed by atoms with Crippen LogP contribution in [0.2, 0.25) is 0 Å². The third kappa shape index (κ3) is 2.03. The molecule has 1 aromatic heterocycles. The summed E-state index contributed by atoms with van der Waals surface area (Å²) in [5.41, 5.74) is 0.0209. The molecule has 0 unspecified atom stereocenters. The smallest absolute Gasteiger partial charge is 0.137 e. The number of pyridine rings is 1. The first-order valence-electron chi connectivity index (χ1n) is 5.51. The molecule has 1 heterocycles. The fraction of sp³-hybridized carbons (Fsp3) is 0.583. The molecule has 1 aliphatic rings. The normalized spacial score (nSPS) is 28.6. The van der Waals surface area contributed by atoms with Crippen LogP contribution in [0, 0.1) is 0 Å². The van der Waals surface area contributed by atoms with Gasteiger partial charge in [0.1, 0.15) is 5.75 Å². The van der Waals surface area contributed by atoms with E-state index in [1.54, 1.807) is 19.5 Å². The first kappa shape index (κ1) is 11.4. The van der Waals surface area contributed by atoms with Crippen molar-refractivity contribution in [1.29, 1.82) is 0 Å². The molecule has 0 spiro atoms. The zero-order valence-electron chi connectivity index (χ0n) is 9.64. The maximum Gasteiger partial charge on any atom is 0.137 e. The molecule has 0 radical (unpaired) electrons. The molecule has 1 aromatic rings. The van der Waals surface area contributed by atoms with Gasteiger partial charge in [0.25, 0.3) is 0 Å². The van der Waals surface area contributed by atoms with E-state index in [-0.39, 0.29) is 6.10 Å². The van der Waals surface area contributed by atoms with Gasteiger partial charge in [-0.15, -0.1) is 0 Å². The molecule has 1 N–H and O–H groups in total. The van der Waals surface area contributed by atoms with Crippen molar-refractivity contribution < 1.29 is 14.6 Å². The topological polar surface area (TPSA) is 51.6 Å². The zero-order chi connectivity index (χ0) is 11.6. The predicted octanol–water partition coefficient (Wildman–Crippen LogP) is 1.48. The van der Waals surface area contributed by atoms with Gasteiger partial charge in [0.2, 0.25) is 0 Å². The van der Waals surface area contributed by atoms with Crippen molar-refractivity contribution in [1.82, 2.24) is 4.98 Å². The number of hydrogen-bond donors (Lipinski definition) is 1. The van der Waals surface area contributed by atoms with E-state index in [9.17, 15) is 5.11 Å². The summed E-state index contributed by atoms with van der Waals surface area (Å²) >= 11 is 0. The molecule has 0 saturated heterocycles. The van der Waals surface area contributed by atoms with Crippen molar-refractivity contribution >= 4 is 0 Å². The van der Waals surface area contributed by atoms with Gasteiger partial charge in [0.05, 0.1) is 24.5 Å². The van der Waals surface area contributed by atoms with Crippen LogP contribution in [0.25, 0.3) is 0 Å². The van der Waals surface area contributed by atoms with Crippen molar-refractivity contribution in [2.45, 2.75) is 31.5 Å². The van der Waals surface area contributed by atoms with E-state index in [0.29, 0.717) is 25.2 Å². The molecular weight excluding hydrogens is 206 g/mol. The maximum atomic E-state index is 10.3. The number of aromatic nitrogens is 1. The largest absolute Gasteiger partial charge is 0.492 e. The van der Waals surface area contributed by atoms with Gasteiger partial charge in [-0.2, -0.15) is 0 Å². The Labute approximate surface area is 95.2 Å². The lowest BCUT2D eigenvalue weighted by molar-refractivity contribution is -0.133. The first-order chi connectivity index (χ1) is 7.68. The first-order valence-corrected chi connectivity index (χ1v) is 5.51. The van der Waals surface area contributed by atoms with Gasteiger partial charge >= 0.3 is 0 Å². The maximum absolute atomic E-state index is 10.3. The molecule has 1 fully saturated rings. The summed E-state index contributed by atoms with van der Waals surface area (Å²) in [6.45, 7) is 2.52. The van der Waals surface area contributed by atoms with E-state index in [1.807, 2.05) is 13.0 Å². The molecule has 4 heteroatoms. The number of nitrogens with zero attached hydrogens (tertiary/aromatic N) is 1. The van der Waals surface area contributed by atoms with Crippen LogP contribution >= 0.6 is 0 Å². The molecule has 2 rings (SSSR count). The summed E-state index contributed by atoms with van der Waals surface area (Å²) in [7, 11) is 1.67. The van der Waals surface area contributed by atoms with Crippen LogP contribution in [0.1, 0.15) is 25.3 Å². The van der Waals surface area contributed by atoms with Gasteiger partial charge in [-0.25, -0.2) is 0 Å². The molecule has 0 atom stereocenters. The lowest BCUT2D eigenvalue weighted by Gasteiger charge is -2.42. The van der Waals surface area contributed by atoms with Gasteiger partial charge in [-0.3, -0.25) is 4.98 Å². The summed E-state index contributed by atoms with van der Waals surface area (Å²) in [6.07, 6.45) is 4.75. The Bertz CT molecular complexity index is 361. The summed E-state index contributed by atoms with van der Waals surface area (Å²) in [5.74, 6) is 0.703. The summed E-state index contributed by atoms with van der Waals surface area (Å²) in [6, 6.07) is 1.85. The summed E-state index contributed by atoms with van der Waals surface area (Å²) < 4.78 is 10.5. The highest BCUT2D eigenvalue weighted by molar-refractivity contribution is 5.30. The molecule has 4 nitrogen and oxygen atoms in total. The Morgan fingerprint density at radius 2 is 2.25 bits per heavy atom. The third-order valence-corrected chi connectivity index (χ3v) is 3.03. The predicted molar refractivity (Wildman–Crippen MR) is 59.3 cm³/mol. The second kappa shape index (κ2) is 4.39. The molecule has 0 aliphatic heterocycles. The molecule has 0 aromatic carbocycles. The number of aliphatic hydroxyl groups is 1. The van der Waals surface area contributed by atoms with Crippen molar-refractivity contribution in [3.63, 3.8) is 0 Å². The molecule has 16 heavy (non-hydrogen) atoms. The minimum Gasteiger partial charge on any atom is -0.492 e. The van der Waals surface area contributed by atoms with E-state index < -0.39 is 5.60 Å². The molecule has 0 bridgehead atoms. The second-order valence-electron chi connectivity index (χ2n) is 4.14. The Morgan fingerprint density at radius 1 is 1.50 bits per heavy atom. The minimum atomic E-state index is -0.791. The van der Waals surface area contributed by atoms with E-state index >= 15 is 0 Å². The van der Waals surface area contributed by atoms with Gasteiger partial charge in [-0.05, 0) is 13.0 Å². The zero-order valence-corrected chi connectivity index (χ0v) is 9.64. The Hall–Kier alpha value is -1.13. The molecule has 0 amide bonds. The number of ether oxygens (including phenoxy) is 2. The molecule has 1 saturated carbocycles. The Kier molecular flexibility index (Phi) is 3.12. The van der Waals surface area contributed by atoms with E-state index in [4.69, 9.17) is 9.47 Å². The minimum absolute atomic E-state index is 0.153. The highest BCUT2D eigenvalue weighted by Gasteiger charge is 2.44. The number of methoxy groups -OCH3 is 1. The number of hydrogen-bond acceptors (Lipinski definition) is 4. The highest BCUT2D eigenvalue weighted by Crippen LogP contribution is 2.43. The van der Waals surface area contributed by atoms with Crippen LogP contribution in [0.3, 0.4) is 0 Å². The van der Waals surface area contributed by atoms with Crippen molar-refractivity contribution in [2.75, 3.05) is 13.7 Å². The number of rotatable bonds is 4. The van der Waals surface area contributed by atoms with Crippen LogP contribution in [-0.2, 0) is 10.3 Å². The highest BCUT2D eigenvalue weighted by atomic mass is 16.5. The second-order valence-corrected chi connectivity index (χ2v) is 4.14. The molecular formula is C12H17NO3. The van der Waals surface area contributed by atoms with Crippen LogP contribution in [0.5, 0.6) is 5.75 Å². The van der Waals surface area contributed by atoms with Crippen LogP contribution in [0.15, 0.2) is 18.5 Å². The molecule has 1 aliphatic carbocycles. The van der Waals surface area contributed by atoms with Gasteiger partial charge < -0.3 is 14.6 Å². The van der Waals surface area contributed by atoms with E-state index in [1.165, 1.54) is 0 Å². The fourth-order valence-corrected chi connectivity index (χ4v) is 2.01. The van der Waals surface area contributed by atoms with Crippen LogP contribution < -0.4 is 4.74 Å². The van der Waals surface area contributed by atoms with Gasteiger partial charge in [0, 0.05) is 31.7 Å². The fourth-order valence-electron chi connectivity index (χ4n) is 2.01. The monoisotopic (exact) mass is 223 g/mol. The molecule has 88 valence electrons. The van der Waals surface area contributed by atoms with Gasteiger partial charge in [0.15, 0.2) is 0 Å². The summed E-state index contributed by atoms with van der Waals surface area (Å²) in [5, 5.41) is 10.3. The standard InChI is InChI=1S/C12H17NO3/c1-3-16-10-4-9(7-13-8-10)12(14)5-11(6-12)15-2/h4,7-8,11,14H,3,5-6H2,1-2H3. The SMILES string of the molecule is CCOc1cncc(C2(O)CC(OC)C2)c1. The van der Waals surface area contributed by atoms with E-state index in [0.717, 1.165) is 5.56 Å². The average Bonchev–Trinajstić information content (AvgIpc) is 2.25. The van der Waals surface area contributed by atoms with Gasteiger partial charge in [-0.1, -0.05) is 0 Å². The average molecular weight is 223 g/mol. The van der Waals surface area contributed by atoms with Crippen LogP contribution in [-0.4, -0.2) is 29.9 Å². The van der Waals surface area contributed by atoms with Crippen LogP contribution in [0.4, 0.5) is 0 Å². The summed E-state index contributed by atoms with van der Waals surface area (Å²) in [4.78, 5) is 4.08. The third-order valence-electron chi connectivity index (χ3n) is 3.03.